The molecule has 1 fully saturated rings. The van der Waals surface area contributed by atoms with Crippen molar-refractivity contribution in [3.05, 3.63) is 58.6 Å². The lowest BCUT2D eigenvalue weighted by molar-refractivity contribution is -0.0383. The zero-order chi connectivity index (χ0) is 16.5. The molecule has 3 unspecified atom stereocenters. The van der Waals surface area contributed by atoms with Crippen molar-refractivity contribution in [1.29, 1.82) is 0 Å². The van der Waals surface area contributed by atoms with Crippen LogP contribution >= 0.6 is 11.6 Å². The molecule has 0 saturated carbocycles. The van der Waals surface area contributed by atoms with Crippen LogP contribution in [-0.4, -0.2) is 13.2 Å². The minimum Gasteiger partial charge on any atom is -0.494 e. The van der Waals surface area contributed by atoms with E-state index in [0.717, 1.165) is 35.9 Å². The Bertz CT molecular complexity index is 733. The highest BCUT2D eigenvalue weighted by Crippen LogP contribution is 2.50. The number of hydrogen-bond acceptors (Lipinski definition) is 3. The minimum atomic E-state index is 0.0911. The first kappa shape index (κ1) is 15.8. The largest absolute Gasteiger partial charge is 0.494 e. The Labute approximate surface area is 147 Å². The first-order valence-electron chi connectivity index (χ1n) is 8.67. The van der Waals surface area contributed by atoms with Crippen molar-refractivity contribution in [1.82, 2.24) is 0 Å². The van der Waals surface area contributed by atoms with Crippen LogP contribution in [0.15, 0.2) is 42.5 Å². The number of fused-ring (bicyclic) bond motifs is 3. The molecule has 4 heteroatoms. The summed E-state index contributed by atoms with van der Waals surface area (Å²) in [5, 5.41) is 4.48. The summed E-state index contributed by atoms with van der Waals surface area (Å²) in [6, 6.07) is 14.5. The molecule has 1 saturated heterocycles. The normalized spacial score (nSPS) is 25.3. The van der Waals surface area contributed by atoms with E-state index in [1.54, 1.807) is 0 Å². The molecule has 2 aliphatic rings. The molecule has 126 valence electrons. The van der Waals surface area contributed by atoms with Crippen LogP contribution in [0, 0.1) is 5.92 Å². The first-order valence-corrected chi connectivity index (χ1v) is 9.05. The number of hydrogen-bond donors (Lipinski definition) is 1. The highest BCUT2D eigenvalue weighted by Gasteiger charge is 2.40. The number of rotatable bonds is 3. The average Bonchev–Trinajstić information content (AvgIpc) is 2.62. The summed E-state index contributed by atoms with van der Waals surface area (Å²) in [6.07, 6.45) is 2.31. The molecule has 0 amide bonds. The second-order valence-corrected chi connectivity index (χ2v) is 6.86. The van der Waals surface area contributed by atoms with Crippen molar-refractivity contribution in [3.63, 3.8) is 0 Å². The zero-order valence-corrected chi connectivity index (χ0v) is 14.6. The molecule has 0 radical (unpaired) electrons. The Morgan fingerprint density at radius 1 is 1.21 bits per heavy atom. The van der Waals surface area contributed by atoms with E-state index in [1.165, 1.54) is 11.1 Å². The Balaban J connectivity index is 1.78. The number of para-hydroxylation sites is 1. The van der Waals surface area contributed by atoms with Crippen molar-refractivity contribution in [2.45, 2.75) is 31.9 Å². The SMILES string of the molecule is CCOc1ccccc1C1Nc2ccc(Cl)cc2C2OCCCC12. The smallest absolute Gasteiger partial charge is 0.124 e. The van der Waals surface area contributed by atoms with Gasteiger partial charge in [-0.25, -0.2) is 0 Å². The summed E-state index contributed by atoms with van der Waals surface area (Å²) >= 11 is 6.22. The molecular weight excluding hydrogens is 322 g/mol. The molecule has 0 aromatic heterocycles. The van der Waals surface area contributed by atoms with Gasteiger partial charge in [0, 0.05) is 34.4 Å². The van der Waals surface area contributed by atoms with Gasteiger partial charge in [0.25, 0.3) is 0 Å². The van der Waals surface area contributed by atoms with Crippen LogP contribution in [0.3, 0.4) is 0 Å². The summed E-state index contributed by atoms with van der Waals surface area (Å²) < 4.78 is 12.1. The molecule has 24 heavy (non-hydrogen) atoms. The van der Waals surface area contributed by atoms with E-state index in [1.807, 2.05) is 25.1 Å². The molecule has 0 aliphatic carbocycles. The maximum atomic E-state index is 6.22. The quantitative estimate of drug-likeness (QED) is 0.812. The monoisotopic (exact) mass is 343 g/mol. The Hall–Kier alpha value is -1.71. The van der Waals surface area contributed by atoms with Gasteiger partial charge in [-0.1, -0.05) is 29.8 Å². The molecule has 1 N–H and O–H groups in total. The second-order valence-electron chi connectivity index (χ2n) is 6.42. The van der Waals surface area contributed by atoms with Gasteiger partial charge in [0.1, 0.15) is 5.75 Å². The number of benzene rings is 2. The molecule has 4 rings (SSSR count). The molecule has 2 heterocycles. The minimum absolute atomic E-state index is 0.0911. The van der Waals surface area contributed by atoms with E-state index in [0.29, 0.717) is 12.5 Å². The van der Waals surface area contributed by atoms with Crippen molar-refractivity contribution in [2.75, 3.05) is 18.5 Å². The number of nitrogens with one attached hydrogen (secondary N) is 1. The predicted octanol–water partition coefficient (Wildman–Crippen LogP) is 5.37. The number of ether oxygens (including phenoxy) is 2. The van der Waals surface area contributed by atoms with Crippen LogP contribution in [0.25, 0.3) is 0 Å². The fourth-order valence-electron chi connectivity index (χ4n) is 3.97. The van der Waals surface area contributed by atoms with E-state index in [9.17, 15) is 0 Å². The Kier molecular flexibility index (Phi) is 4.38. The maximum absolute atomic E-state index is 6.22. The molecule has 0 spiro atoms. The fourth-order valence-corrected chi connectivity index (χ4v) is 4.15. The van der Waals surface area contributed by atoms with E-state index in [2.05, 4.69) is 29.6 Å². The molecule has 2 aromatic carbocycles. The number of halogens is 1. The molecule has 2 aromatic rings. The van der Waals surface area contributed by atoms with Gasteiger partial charge in [-0.15, -0.1) is 0 Å². The maximum Gasteiger partial charge on any atom is 0.124 e. The molecule has 2 aliphatic heterocycles. The predicted molar refractivity (Wildman–Crippen MR) is 96.8 cm³/mol. The van der Waals surface area contributed by atoms with Gasteiger partial charge >= 0.3 is 0 Å². The summed E-state index contributed by atoms with van der Waals surface area (Å²) in [7, 11) is 0. The highest BCUT2D eigenvalue weighted by atomic mass is 35.5. The van der Waals surface area contributed by atoms with Crippen LogP contribution in [0.4, 0.5) is 5.69 Å². The van der Waals surface area contributed by atoms with Gasteiger partial charge in [-0.2, -0.15) is 0 Å². The van der Waals surface area contributed by atoms with E-state index < -0.39 is 0 Å². The third-order valence-corrected chi connectivity index (χ3v) is 5.22. The Morgan fingerprint density at radius 3 is 2.96 bits per heavy atom. The summed E-state index contributed by atoms with van der Waals surface area (Å²) in [5.41, 5.74) is 3.50. The van der Waals surface area contributed by atoms with E-state index in [-0.39, 0.29) is 12.1 Å². The van der Waals surface area contributed by atoms with E-state index >= 15 is 0 Å². The lowest BCUT2D eigenvalue weighted by atomic mass is 9.77. The summed E-state index contributed by atoms with van der Waals surface area (Å²) in [6.45, 7) is 3.50. The third-order valence-electron chi connectivity index (χ3n) is 4.98. The highest BCUT2D eigenvalue weighted by molar-refractivity contribution is 6.30. The lowest BCUT2D eigenvalue weighted by Crippen LogP contribution is -2.36. The van der Waals surface area contributed by atoms with Gasteiger partial charge in [0.15, 0.2) is 0 Å². The van der Waals surface area contributed by atoms with Gasteiger partial charge in [-0.3, -0.25) is 0 Å². The van der Waals surface area contributed by atoms with Crippen LogP contribution in [0.2, 0.25) is 5.02 Å². The van der Waals surface area contributed by atoms with Crippen LogP contribution in [0.1, 0.15) is 43.0 Å². The van der Waals surface area contributed by atoms with Crippen molar-refractivity contribution in [2.24, 2.45) is 5.92 Å². The molecule has 3 atom stereocenters. The summed E-state index contributed by atoms with van der Waals surface area (Å²) in [4.78, 5) is 0. The fraction of sp³-hybridized carbons (Fsp3) is 0.400. The van der Waals surface area contributed by atoms with Crippen molar-refractivity contribution < 1.29 is 9.47 Å². The third kappa shape index (κ3) is 2.76. The van der Waals surface area contributed by atoms with Gasteiger partial charge in [0.05, 0.1) is 18.8 Å². The van der Waals surface area contributed by atoms with Crippen molar-refractivity contribution >= 4 is 17.3 Å². The topological polar surface area (TPSA) is 30.5 Å². The van der Waals surface area contributed by atoms with Crippen LogP contribution in [-0.2, 0) is 4.74 Å². The van der Waals surface area contributed by atoms with E-state index in [4.69, 9.17) is 21.1 Å². The first-order chi connectivity index (χ1) is 11.8. The number of anilines is 1. The molecular formula is C20H22ClNO2. The van der Waals surface area contributed by atoms with Gasteiger partial charge in [-0.05, 0) is 44.0 Å². The van der Waals surface area contributed by atoms with Crippen molar-refractivity contribution in [3.8, 4) is 5.75 Å². The zero-order valence-electron chi connectivity index (χ0n) is 13.8. The summed E-state index contributed by atoms with van der Waals surface area (Å²) in [5.74, 6) is 1.34. The van der Waals surface area contributed by atoms with Crippen LogP contribution < -0.4 is 10.1 Å². The average molecular weight is 344 g/mol. The van der Waals surface area contributed by atoms with Gasteiger partial charge in [0.2, 0.25) is 0 Å². The molecule has 3 nitrogen and oxygen atoms in total. The molecule has 0 bridgehead atoms. The standard InChI is InChI=1S/C20H22ClNO2/c1-2-23-18-8-4-3-6-14(18)19-15-7-5-11-24-20(15)16-12-13(21)9-10-17(16)22-19/h3-4,6,8-10,12,15,19-20,22H,2,5,7,11H2,1H3. The second kappa shape index (κ2) is 6.66. The Morgan fingerprint density at radius 2 is 2.08 bits per heavy atom. The van der Waals surface area contributed by atoms with Gasteiger partial charge < -0.3 is 14.8 Å². The van der Waals surface area contributed by atoms with Crippen LogP contribution in [0.5, 0.6) is 5.75 Å². The lowest BCUT2D eigenvalue weighted by Gasteiger charge is -2.43.